The van der Waals surface area contributed by atoms with Gasteiger partial charge in [-0.3, -0.25) is 0 Å². The molecular formula is C10H10F3NO2. The van der Waals surface area contributed by atoms with Crippen LogP contribution in [0, 0.1) is 0 Å². The zero-order valence-corrected chi connectivity index (χ0v) is 8.47. The number of hydrogen-bond acceptors (Lipinski definition) is 3. The molecule has 3 nitrogen and oxygen atoms in total. The molecule has 0 unspecified atom stereocenters. The minimum absolute atomic E-state index is 0.226. The smallest absolute Gasteiger partial charge is 0.457 e. The van der Waals surface area contributed by atoms with Gasteiger partial charge < -0.3 is 4.74 Å². The van der Waals surface area contributed by atoms with Crippen LogP contribution in [0.4, 0.5) is 13.2 Å². The molecule has 0 heterocycles. The summed E-state index contributed by atoms with van der Waals surface area (Å²) in [6.45, 7) is -0.381. The van der Waals surface area contributed by atoms with Crippen LogP contribution in [0.15, 0.2) is 24.3 Å². The van der Waals surface area contributed by atoms with Crippen LogP contribution in [0.25, 0.3) is 0 Å². The molecule has 16 heavy (non-hydrogen) atoms. The first-order valence-corrected chi connectivity index (χ1v) is 4.41. The molecule has 1 N–H and O–H groups in total. The molecule has 0 aliphatic heterocycles. The molecule has 1 aromatic rings. The van der Waals surface area contributed by atoms with Gasteiger partial charge in [-0.05, 0) is 17.7 Å². The van der Waals surface area contributed by atoms with E-state index < -0.39 is 12.3 Å². The molecule has 0 amide bonds. The van der Waals surface area contributed by atoms with Crippen molar-refractivity contribution in [3.05, 3.63) is 35.4 Å². The zero-order chi connectivity index (χ0) is 12.2. The van der Waals surface area contributed by atoms with Gasteiger partial charge in [0.05, 0.1) is 12.7 Å². The van der Waals surface area contributed by atoms with Gasteiger partial charge in [0.2, 0.25) is 0 Å². The predicted molar refractivity (Wildman–Crippen MR) is 50.7 cm³/mol. The van der Waals surface area contributed by atoms with E-state index in [2.05, 4.69) is 4.74 Å². The van der Waals surface area contributed by atoms with Gasteiger partial charge in [0, 0.05) is 6.54 Å². The Morgan fingerprint density at radius 3 is 2.69 bits per heavy atom. The van der Waals surface area contributed by atoms with Crippen molar-refractivity contribution in [3.8, 4) is 0 Å². The Kier molecular flexibility index (Phi) is 3.89. The van der Waals surface area contributed by atoms with Crippen LogP contribution in [0.3, 0.4) is 0 Å². The third kappa shape index (κ3) is 3.90. The van der Waals surface area contributed by atoms with Crippen molar-refractivity contribution >= 4 is 5.97 Å². The Balaban J connectivity index is 2.71. The van der Waals surface area contributed by atoms with Crippen LogP contribution in [0.2, 0.25) is 0 Å². The van der Waals surface area contributed by atoms with Crippen LogP contribution >= 0.6 is 0 Å². The summed E-state index contributed by atoms with van der Waals surface area (Å²) in [7, 11) is 1.21. The summed E-state index contributed by atoms with van der Waals surface area (Å²) in [5, 5.41) is 1.37. The molecule has 0 radical (unpaired) electrons. The highest BCUT2D eigenvalue weighted by atomic mass is 19.4. The Bertz CT molecular complexity index is 377. The number of nitrogens with one attached hydrogen (secondary N) is 1. The lowest BCUT2D eigenvalue weighted by Crippen LogP contribution is -2.30. The number of carbonyl (C=O) groups is 1. The molecule has 1 rings (SSSR count). The monoisotopic (exact) mass is 233 g/mol. The second-order valence-corrected chi connectivity index (χ2v) is 3.04. The van der Waals surface area contributed by atoms with E-state index in [1.807, 2.05) is 0 Å². The van der Waals surface area contributed by atoms with Gasteiger partial charge in [-0.2, -0.15) is 13.2 Å². The number of esters is 1. The quantitative estimate of drug-likeness (QED) is 0.641. The highest BCUT2D eigenvalue weighted by molar-refractivity contribution is 5.89. The number of ether oxygens (including phenoxy) is 1. The van der Waals surface area contributed by atoms with E-state index in [4.69, 9.17) is 0 Å². The Morgan fingerprint density at radius 2 is 2.12 bits per heavy atom. The van der Waals surface area contributed by atoms with Crippen molar-refractivity contribution in [3.63, 3.8) is 0 Å². The van der Waals surface area contributed by atoms with Crippen LogP contribution in [0.5, 0.6) is 0 Å². The first kappa shape index (κ1) is 12.5. The maximum absolute atomic E-state index is 11.9. The average molecular weight is 233 g/mol. The number of alkyl halides is 3. The third-order valence-electron chi connectivity index (χ3n) is 1.84. The second-order valence-electron chi connectivity index (χ2n) is 3.04. The lowest BCUT2D eigenvalue weighted by atomic mass is 10.1. The number of hydrogen-bond donors (Lipinski definition) is 1. The number of rotatable bonds is 3. The van der Waals surface area contributed by atoms with Crippen LogP contribution in [-0.2, 0) is 11.3 Å². The summed E-state index contributed by atoms with van der Waals surface area (Å²) >= 11 is 0. The summed E-state index contributed by atoms with van der Waals surface area (Å²) in [5.74, 6) is -0.575. The summed E-state index contributed by atoms with van der Waals surface area (Å²) < 4.78 is 40.0. The van der Waals surface area contributed by atoms with E-state index in [9.17, 15) is 18.0 Å². The van der Waals surface area contributed by atoms with Gasteiger partial charge >= 0.3 is 12.3 Å². The van der Waals surface area contributed by atoms with Crippen LogP contribution < -0.4 is 5.32 Å². The molecule has 6 heteroatoms. The molecule has 1 aromatic carbocycles. The fourth-order valence-corrected chi connectivity index (χ4v) is 1.13. The molecule has 0 bridgehead atoms. The lowest BCUT2D eigenvalue weighted by Gasteiger charge is -2.08. The minimum Gasteiger partial charge on any atom is -0.465 e. The summed E-state index contributed by atoms with van der Waals surface area (Å²) in [4.78, 5) is 11.1. The fraction of sp³-hybridized carbons (Fsp3) is 0.300. The van der Waals surface area contributed by atoms with Crippen molar-refractivity contribution in [2.45, 2.75) is 12.8 Å². The topological polar surface area (TPSA) is 38.3 Å². The average Bonchev–Trinajstić information content (AvgIpc) is 2.25. The predicted octanol–water partition coefficient (Wildman–Crippen LogP) is 2.08. The fourth-order valence-electron chi connectivity index (χ4n) is 1.13. The lowest BCUT2D eigenvalue weighted by molar-refractivity contribution is -0.158. The van der Waals surface area contributed by atoms with E-state index in [-0.39, 0.29) is 12.1 Å². The van der Waals surface area contributed by atoms with E-state index in [1.165, 1.54) is 36.7 Å². The Morgan fingerprint density at radius 1 is 1.44 bits per heavy atom. The maximum Gasteiger partial charge on any atom is 0.457 e. The molecule has 0 spiro atoms. The molecule has 88 valence electrons. The normalized spacial score (nSPS) is 11.2. The molecule has 0 atom stereocenters. The highest BCUT2D eigenvalue weighted by Crippen LogP contribution is 2.12. The van der Waals surface area contributed by atoms with Crippen molar-refractivity contribution in [1.29, 1.82) is 0 Å². The van der Waals surface area contributed by atoms with Crippen molar-refractivity contribution in [2.24, 2.45) is 0 Å². The first-order valence-electron chi connectivity index (χ1n) is 4.41. The van der Waals surface area contributed by atoms with Gasteiger partial charge in [0.15, 0.2) is 0 Å². The van der Waals surface area contributed by atoms with E-state index >= 15 is 0 Å². The SMILES string of the molecule is COC(=O)c1cccc(CNC(F)(F)F)c1. The van der Waals surface area contributed by atoms with Gasteiger partial charge in [-0.15, -0.1) is 0 Å². The molecule has 0 aromatic heterocycles. The van der Waals surface area contributed by atoms with Crippen molar-refractivity contribution < 1.29 is 22.7 Å². The second kappa shape index (κ2) is 4.98. The Labute approximate surface area is 90.2 Å². The number of benzene rings is 1. The van der Waals surface area contributed by atoms with Gasteiger partial charge in [-0.25, -0.2) is 10.1 Å². The summed E-state index contributed by atoms with van der Waals surface area (Å²) in [6.07, 6.45) is -4.43. The highest BCUT2D eigenvalue weighted by Gasteiger charge is 2.25. The number of halogens is 3. The largest absolute Gasteiger partial charge is 0.465 e. The maximum atomic E-state index is 11.9. The molecule has 0 aliphatic rings. The van der Waals surface area contributed by atoms with Crippen LogP contribution in [0.1, 0.15) is 15.9 Å². The van der Waals surface area contributed by atoms with E-state index in [0.29, 0.717) is 5.56 Å². The minimum atomic E-state index is -4.43. The van der Waals surface area contributed by atoms with Gasteiger partial charge in [0.25, 0.3) is 0 Å². The van der Waals surface area contributed by atoms with Crippen LogP contribution in [-0.4, -0.2) is 19.4 Å². The zero-order valence-electron chi connectivity index (χ0n) is 8.47. The van der Waals surface area contributed by atoms with E-state index in [1.54, 1.807) is 0 Å². The van der Waals surface area contributed by atoms with Gasteiger partial charge in [0.1, 0.15) is 0 Å². The molecule has 0 saturated heterocycles. The summed E-state index contributed by atoms with van der Waals surface area (Å²) in [5.41, 5.74) is 0.587. The number of methoxy groups -OCH3 is 1. The van der Waals surface area contributed by atoms with Crippen molar-refractivity contribution in [2.75, 3.05) is 7.11 Å². The molecule has 0 aliphatic carbocycles. The standard InChI is InChI=1S/C10H10F3NO2/c1-16-9(15)8-4-2-3-7(5-8)6-14-10(11,12)13/h2-5,14H,6H2,1H3. The number of carbonyl (C=O) groups excluding carboxylic acids is 1. The van der Waals surface area contributed by atoms with Gasteiger partial charge in [-0.1, -0.05) is 12.1 Å². The van der Waals surface area contributed by atoms with Crippen molar-refractivity contribution in [1.82, 2.24) is 5.32 Å². The first-order chi connectivity index (χ1) is 7.42. The summed E-state index contributed by atoms with van der Waals surface area (Å²) in [6, 6.07) is 5.82. The molecular weight excluding hydrogens is 223 g/mol. The Hall–Kier alpha value is -1.56. The molecule has 0 fully saturated rings. The third-order valence-corrected chi connectivity index (χ3v) is 1.84. The van der Waals surface area contributed by atoms with E-state index in [0.717, 1.165) is 0 Å². The molecule has 0 saturated carbocycles.